The van der Waals surface area contributed by atoms with Crippen molar-refractivity contribution >= 4 is 11.6 Å². The summed E-state index contributed by atoms with van der Waals surface area (Å²) in [7, 11) is 0. The van der Waals surface area contributed by atoms with Crippen LogP contribution in [0.1, 0.15) is 26.3 Å². The summed E-state index contributed by atoms with van der Waals surface area (Å²) in [5.41, 5.74) is 0.625. The SMILES string of the molecule is CC(C)(C)Cc1cnc(=O)[nH]c1Cl. The van der Waals surface area contributed by atoms with Crippen LogP contribution in [0.15, 0.2) is 11.0 Å². The molecular weight excluding hydrogens is 188 g/mol. The van der Waals surface area contributed by atoms with Crippen LogP contribution in [0, 0.1) is 5.41 Å². The third-order valence-corrected chi connectivity index (χ3v) is 1.89. The fraction of sp³-hybridized carbons (Fsp3) is 0.556. The van der Waals surface area contributed by atoms with Crippen LogP contribution in [0.4, 0.5) is 0 Å². The highest BCUT2D eigenvalue weighted by atomic mass is 35.5. The van der Waals surface area contributed by atoms with Gasteiger partial charge in [0.2, 0.25) is 0 Å². The van der Waals surface area contributed by atoms with E-state index in [2.05, 4.69) is 30.7 Å². The van der Waals surface area contributed by atoms with Crippen molar-refractivity contribution in [3.8, 4) is 0 Å². The van der Waals surface area contributed by atoms with E-state index in [4.69, 9.17) is 11.6 Å². The molecule has 0 radical (unpaired) electrons. The molecule has 0 amide bonds. The molecule has 1 heterocycles. The van der Waals surface area contributed by atoms with Crippen molar-refractivity contribution in [2.75, 3.05) is 0 Å². The Kier molecular flexibility index (Phi) is 2.76. The summed E-state index contributed by atoms with van der Waals surface area (Å²) in [5.74, 6) is 0. The van der Waals surface area contributed by atoms with Gasteiger partial charge in [-0.05, 0) is 11.8 Å². The Labute approximate surface area is 82.2 Å². The van der Waals surface area contributed by atoms with E-state index in [0.29, 0.717) is 5.15 Å². The number of hydrogen-bond acceptors (Lipinski definition) is 2. The predicted octanol–water partition coefficient (Wildman–Crippen LogP) is 2.01. The van der Waals surface area contributed by atoms with Gasteiger partial charge in [-0.2, -0.15) is 0 Å². The summed E-state index contributed by atoms with van der Waals surface area (Å²) in [5, 5.41) is 0.398. The Morgan fingerprint density at radius 3 is 2.62 bits per heavy atom. The van der Waals surface area contributed by atoms with Gasteiger partial charge in [0.15, 0.2) is 0 Å². The molecule has 0 aliphatic rings. The zero-order valence-electron chi connectivity index (χ0n) is 8.02. The van der Waals surface area contributed by atoms with E-state index in [1.54, 1.807) is 0 Å². The second kappa shape index (κ2) is 3.50. The van der Waals surface area contributed by atoms with Gasteiger partial charge >= 0.3 is 5.69 Å². The average Bonchev–Trinajstić information content (AvgIpc) is 1.93. The lowest BCUT2D eigenvalue weighted by Crippen LogP contribution is -2.15. The molecule has 72 valence electrons. The fourth-order valence-electron chi connectivity index (χ4n) is 1.09. The molecule has 0 bridgehead atoms. The van der Waals surface area contributed by atoms with Crippen molar-refractivity contribution in [3.63, 3.8) is 0 Å². The number of halogens is 1. The first kappa shape index (κ1) is 10.3. The second-order valence-corrected chi connectivity index (χ2v) is 4.64. The molecule has 3 nitrogen and oxygen atoms in total. The van der Waals surface area contributed by atoms with Gasteiger partial charge in [0, 0.05) is 11.8 Å². The van der Waals surface area contributed by atoms with Crippen LogP contribution in [-0.4, -0.2) is 9.97 Å². The van der Waals surface area contributed by atoms with Crippen molar-refractivity contribution in [2.24, 2.45) is 5.41 Å². The van der Waals surface area contributed by atoms with E-state index in [1.165, 1.54) is 6.20 Å². The molecule has 1 rings (SSSR count). The fourth-order valence-corrected chi connectivity index (χ4v) is 1.29. The molecule has 0 fully saturated rings. The van der Waals surface area contributed by atoms with Gasteiger partial charge in [-0.3, -0.25) is 4.98 Å². The van der Waals surface area contributed by atoms with Crippen LogP contribution < -0.4 is 5.69 Å². The molecule has 1 N–H and O–H groups in total. The van der Waals surface area contributed by atoms with Gasteiger partial charge < -0.3 is 0 Å². The molecule has 4 heteroatoms. The van der Waals surface area contributed by atoms with Crippen molar-refractivity contribution in [1.29, 1.82) is 0 Å². The third kappa shape index (κ3) is 3.19. The van der Waals surface area contributed by atoms with Gasteiger partial charge in [-0.25, -0.2) is 9.78 Å². The summed E-state index contributed by atoms with van der Waals surface area (Å²) in [6.07, 6.45) is 2.34. The largest absolute Gasteiger partial charge is 0.346 e. The Balaban J connectivity index is 2.97. The van der Waals surface area contributed by atoms with E-state index in [-0.39, 0.29) is 5.41 Å². The average molecular weight is 201 g/mol. The van der Waals surface area contributed by atoms with Gasteiger partial charge in [-0.1, -0.05) is 32.4 Å². The molecule has 1 aromatic heterocycles. The third-order valence-electron chi connectivity index (χ3n) is 1.56. The second-order valence-electron chi connectivity index (χ2n) is 4.27. The molecule has 0 spiro atoms. The number of nitrogens with one attached hydrogen (secondary N) is 1. The highest BCUT2D eigenvalue weighted by Gasteiger charge is 2.14. The number of rotatable bonds is 1. The zero-order valence-corrected chi connectivity index (χ0v) is 8.77. The van der Waals surface area contributed by atoms with Crippen LogP contribution in [0.2, 0.25) is 5.15 Å². The molecule has 0 saturated carbocycles. The molecule has 0 aromatic carbocycles. The molecule has 1 aromatic rings. The van der Waals surface area contributed by atoms with Crippen molar-refractivity contribution in [3.05, 3.63) is 27.4 Å². The number of nitrogens with zero attached hydrogens (tertiary/aromatic N) is 1. The minimum atomic E-state index is -0.400. The van der Waals surface area contributed by atoms with Crippen molar-refractivity contribution < 1.29 is 0 Å². The summed E-state index contributed by atoms with van der Waals surface area (Å²) >= 11 is 5.84. The molecule has 0 saturated heterocycles. The van der Waals surface area contributed by atoms with E-state index in [9.17, 15) is 4.79 Å². The molecule has 0 aliphatic heterocycles. The first-order valence-corrected chi connectivity index (χ1v) is 4.50. The summed E-state index contributed by atoms with van der Waals surface area (Å²) in [6, 6.07) is 0. The quantitative estimate of drug-likeness (QED) is 0.705. The maximum absolute atomic E-state index is 10.8. The predicted molar refractivity (Wildman–Crippen MR) is 53.0 cm³/mol. The van der Waals surface area contributed by atoms with Crippen molar-refractivity contribution in [1.82, 2.24) is 9.97 Å². The first-order valence-electron chi connectivity index (χ1n) is 4.12. The van der Waals surface area contributed by atoms with E-state index < -0.39 is 5.69 Å². The van der Waals surface area contributed by atoms with Crippen LogP contribution >= 0.6 is 11.6 Å². The number of hydrogen-bond donors (Lipinski definition) is 1. The minimum absolute atomic E-state index is 0.142. The Hall–Kier alpha value is -0.830. The first-order chi connectivity index (χ1) is 5.88. The maximum atomic E-state index is 10.8. The lowest BCUT2D eigenvalue weighted by molar-refractivity contribution is 0.410. The summed E-state index contributed by atoms with van der Waals surface area (Å²) in [4.78, 5) is 16.8. The zero-order chi connectivity index (χ0) is 10.1. The Morgan fingerprint density at radius 2 is 2.15 bits per heavy atom. The van der Waals surface area contributed by atoms with Crippen LogP contribution in [0.5, 0.6) is 0 Å². The molecular formula is C9H13ClN2O. The van der Waals surface area contributed by atoms with Gasteiger partial charge in [0.1, 0.15) is 5.15 Å². The topological polar surface area (TPSA) is 45.8 Å². The highest BCUT2D eigenvalue weighted by Crippen LogP contribution is 2.22. The van der Waals surface area contributed by atoms with Crippen LogP contribution in [0.3, 0.4) is 0 Å². The van der Waals surface area contributed by atoms with Gasteiger partial charge in [0.25, 0.3) is 0 Å². The molecule has 0 aliphatic carbocycles. The van der Waals surface area contributed by atoms with Gasteiger partial charge in [0.05, 0.1) is 0 Å². The Morgan fingerprint density at radius 1 is 1.54 bits per heavy atom. The van der Waals surface area contributed by atoms with E-state index >= 15 is 0 Å². The smallest absolute Gasteiger partial charge is 0.296 e. The number of aromatic amines is 1. The molecule has 13 heavy (non-hydrogen) atoms. The summed E-state index contributed by atoms with van der Waals surface area (Å²) in [6.45, 7) is 6.32. The van der Waals surface area contributed by atoms with Crippen molar-refractivity contribution in [2.45, 2.75) is 27.2 Å². The highest BCUT2D eigenvalue weighted by molar-refractivity contribution is 6.30. The lowest BCUT2D eigenvalue weighted by atomic mass is 9.89. The summed E-state index contributed by atoms with van der Waals surface area (Å²) < 4.78 is 0. The lowest BCUT2D eigenvalue weighted by Gasteiger charge is -2.17. The number of aromatic nitrogens is 2. The maximum Gasteiger partial charge on any atom is 0.346 e. The molecule has 0 atom stereocenters. The Bertz CT molecular complexity index is 351. The number of H-pyrrole nitrogens is 1. The van der Waals surface area contributed by atoms with Crippen LogP contribution in [0.25, 0.3) is 0 Å². The van der Waals surface area contributed by atoms with E-state index in [1.807, 2.05) is 0 Å². The van der Waals surface area contributed by atoms with Crippen LogP contribution in [-0.2, 0) is 6.42 Å². The van der Waals surface area contributed by atoms with E-state index in [0.717, 1.165) is 12.0 Å². The minimum Gasteiger partial charge on any atom is -0.296 e. The molecule has 0 unspecified atom stereocenters. The standard InChI is InChI=1S/C9H13ClN2O/c1-9(2,3)4-6-5-11-8(13)12-7(6)10/h5H,4H2,1-3H3,(H,11,12,13). The van der Waals surface area contributed by atoms with Gasteiger partial charge in [-0.15, -0.1) is 0 Å². The normalized spacial score (nSPS) is 11.7. The monoisotopic (exact) mass is 200 g/mol.